The molecular formula is C15H11BrClFN2S. The molecule has 3 N–H and O–H groups in total. The first kappa shape index (κ1) is 14.9. The third-order valence-corrected chi connectivity index (χ3v) is 5.60. The van der Waals surface area contributed by atoms with Crippen molar-refractivity contribution in [1.82, 2.24) is 5.43 Å². The second kappa shape index (κ2) is 6.02. The number of benzene rings is 2. The molecule has 0 amide bonds. The van der Waals surface area contributed by atoms with Crippen molar-refractivity contribution in [3.8, 4) is 0 Å². The number of fused-ring (bicyclic) bond motifs is 1. The van der Waals surface area contributed by atoms with Crippen molar-refractivity contribution >= 4 is 49.0 Å². The van der Waals surface area contributed by atoms with E-state index in [4.69, 9.17) is 17.4 Å². The lowest BCUT2D eigenvalue weighted by atomic mass is 9.98. The van der Waals surface area contributed by atoms with Gasteiger partial charge >= 0.3 is 0 Å². The van der Waals surface area contributed by atoms with Crippen molar-refractivity contribution in [2.45, 2.75) is 6.04 Å². The summed E-state index contributed by atoms with van der Waals surface area (Å²) in [5, 5.41) is 3.11. The maximum atomic E-state index is 14.4. The molecule has 0 fully saturated rings. The van der Waals surface area contributed by atoms with Crippen LogP contribution in [0.5, 0.6) is 0 Å². The topological polar surface area (TPSA) is 38.0 Å². The van der Waals surface area contributed by atoms with Gasteiger partial charge in [0.15, 0.2) is 0 Å². The lowest BCUT2D eigenvalue weighted by molar-refractivity contribution is 0.562. The average Bonchev–Trinajstić information content (AvgIpc) is 2.92. The van der Waals surface area contributed by atoms with Gasteiger partial charge in [0.2, 0.25) is 0 Å². The van der Waals surface area contributed by atoms with Crippen molar-refractivity contribution in [2.75, 3.05) is 0 Å². The largest absolute Gasteiger partial charge is 0.271 e. The summed E-state index contributed by atoms with van der Waals surface area (Å²) < 4.78 is 16.1. The van der Waals surface area contributed by atoms with Gasteiger partial charge in [-0.15, -0.1) is 11.3 Å². The number of hydrogen-bond acceptors (Lipinski definition) is 3. The van der Waals surface area contributed by atoms with Gasteiger partial charge in [0.05, 0.1) is 11.1 Å². The smallest absolute Gasteiger partial charge is 0.148 e. The molecule has 108 valence electrons. The first-order valence-corrected chi connectivity index (χ1v) is 8.24. The second-order valence-corrected chi connectivity index (χ2v) is 6.69. The predicted octanol–water partition coefficient (Wildman–Crippen LogP) is 5.01. The molecule has 1 atom stereocenters. The summed E-state index contributed by atoms with van der Waals surface area (Å²) in [7, 11) is 0. The van der Waals surface area contributed by atoms with Crippen LogP contribution in [0.4, 0.5) is 4.39 Å². The normalized spacial score (nSPS) is 12.8. The van der Waals surface area contributed by atoms with Crippen LogP contribution < -0.4 is 11.3 Å². The molecule has 0 bridgehead atoms. The Bertz CT molecular complexity index is 805. The molecule has 1 aromatic heterocycles. The number of thiophene rings is 1. The van der Waals surface area contributed by atoms with E-state index >= 15 is 0 Å². The predicted molar refractivity (Wildman–Crippen MR) is 90.1 cm³/mol. The summed E-state index contributed by atoms with van der Waals surface area (Å²) in [5.41, 5.74) is 4.06. The van der Waals surface area contributed by atoms with Crippen LogP contribution in [0.1, 0.15) is 17.2 Å². The Hall–Kier alpha value is -0.980. The Morgan fingerprint density at radius 2 is 1.95 bits per heavy atom. The quantitative estimate of drug-likeness (QED) is 0.378. The summed E-state index contributed by atoms with van der Waals surface area (Å²) in [6.45, 7) is 0. The van der Waals surface area contributed by atoms with Crippen LogP contribution in [0.15, 0.2) is 46.3 Å². The van der Waals surface area contributed by atoms with Crippen LogP contribution >= 0.6 is 38.9 Å². The van der Waals surface area contributed by atoms with Crippen LogP contribution in [0.2, 0.25) is 5.02 Å². The van der Waals surface area contributed by atoms with Gasteiger partial charge in [-0.3, -0.25) is 5.84 Å². The Morgan fingerprint density at radius 3 is 2.71 bits per heavy atom. The summed E-state index contributed by atoms with van der Waals surface area (Å²) in [5.74, 6) is 5.21. The molecule has 0 saturated carbocycles. The highest BCUT2D eigenvalue weighted by Gasteiger charge is 2.22. The lowest BCUT2D eigenvalue weighted by Crippen LogP contribution is -2.29. The molecule has 3 aromatic rings. The molecule has 0 aliphatic heterocycles. The van der Waals surface area contributed by atoms with Gasteiger partial charge in [-0.1, -0.05) is 35.9 Å². The van der Waals surface area contributed by atoms with Crippen molar-refractivity contribution in [3.63, 3.8) is 0 Å². The summed E-state index contributed by atoms with van der Waals surface area (Å²) in [4.78, 5) is 0. The van der Waals surface area contributed by atoms with Gasteiger partial charge in [-0.25, -0.2) is 9.82 Å². The Kier molecular flexibility index (Phi) is 4.28. The van der Waals surface area contributed by atoms with E-state index in [1.807, 2.05) is 29.6 Å². The fourth-order valence-corrected chi connectivity index (χ4v) is 3.80. The molecule has 0 saturated heterocycles. The highest BCUT2D eigenvalue weighted by atomic mass is 79.9. The molecule has 3 rings (SSSR count). The Balaban J connectivity index is 2.17. The van der Waals surface area contributed by atoms with E-state index in [1.54, 1.807) is 23.5 Å². The molecule has 0 spiro atoms. The number of nitrogens with two attached hydrogens (primary N) is 1. The SMILES string of the molecule is NNC(c1ccc(Br)c(Cl)c1F)c1csc2ccccc12. The van der Waals surface area contributed by atoms with E-state index in [2.05, 4.69) is 21.4 Å². The summed E-state index contributed by atoms with van der Waals surface area (Å²) >= 11 is 10.8. The van der Waals surface area contributed by atoms with Gasteiger partial charge in [0.1, 0.15) is 5.82 Å². The van der Waals surface area contributed by atoms with Crippen LogP contribution in [0.3, 0.4) is 0 Å². The van der Waals surface area contributed by atoms with Crippen molar-refractivity contribution in [1.29, 1.82) is 0 Å². The zero-order valence-corrected chi connectivity index (χ0v) is 13.9. The number of hydrogen-bond donors (Lipinski definition) is 2. The van der Waals surface area contributed by atoms with Gasteiger partial charge in [0, 0.05) is 14.7 Å². The molecule has 1 heterocycles. The van der Waals surface area contributed by atoms with Crippen molar-refractivity contribution < 1.29 is 4.39 Å². The molecular weight excluding hydrogens is 375 g/mol. The highest BCUT2D eigenvalue weighted by Crippen LogP contribution is 2.37. The first-order valence-electron chi connectivity index (χ1n) is 6.19. The maximum Gasteiger partial charge on any atom is 0.148 e. The number of nitrogens with one attached hydrogen (secondary N) is 1. The third-order valence-electron chi connectivity index (χ3n) is 3.36. The number of rotatable bonds is 3. The average molecular weight is 386 g/mol. The molecule has 0 aliphatic carbocycles. The second-order valence-electron chi connectivity index (χ2n) is 4.55. The number of halogens is 3. The number of hydrazine groups is 1. The highest BCUT2D eigenvalue weighted by molar-refractivity contribution is 9.10. The molecule has 0 radical (unpaired) electrons. The van der Waals surface area contributed by atoms with Crippen LogP contribution in [0.25, 0.3) is 10.1 Å². The van der Waals surface area contributed by atoms with E-state index in [0.717, 1.165) is 15.6 Å². The van der Waals surface area contributed by atoms with E-state index in [9.17, 15) is 4.39 Å². The molecule has 1 unspecified atom stereocenters. The van der Waals surface area contributed by atoms with Crippen LogP contribution in [-0.4, -0.2) is 0 Å². The maximum absolute atomic E-state index is 14.4. The summed E-state index contributed by atoms with van der Waals surface area (Å²) in [6.07, 6.45) is 0. The van der Waals surface area contributed by atoms with Crippen molar-refractivity contribution in [2.24, 2.45) is 5.84 Å². The van der Waals surface area contributed by atoms with E-state index < -0.39 is 11.9 Å². The van der Waals surface area contributed by atoms with Gasteiger partial charge in [-0.05, 0) is 44.4 Å². The standard InChI is InChI=1S/C15H11BrClFN2S/c16-11-6-5-9(14(18)13(11)17)15(20-19)10-7-21-12-4-2-1-3-8(10)12/h1-7,15,20H,19H2. The minimum absolute atomic E-state index is 0.0623. The third kappa shape index (κ3) is 2.60. The fraction of sp³-hybridized carbons (Fsp3) is 0.0667. The minimum Gasteiger partial charge on any atom is -0.271 e. The molecule has 0 aliphatic rings. The van der Waals surface area contributed by atoms with Gasteiger partial charge < -0.3 is 0 Å². The Morgan fingerprint density at radius 1 is 1.19 bits per heavy atom. The van der Waals surface area contributed by atoms with E-state index in [0.29, 0.717) is 10.0 Å². The Labute approximate surface area is 138 Å². The minimum atomic E-state index is -0.468. The van der Waals surface area contributed by atoms with Crippen LogP contribution in [0, 0.1) is 5.82 Å². The van der Waals surface area contributed by atoms with Gasteiger partial charge in [0.25, 0.3) is 0 Å². The van der Waals surface area contributed by atoms with Gasteiger partial charge in [-0.2, -0.15) is 0 Å². The van der Waals surface area contributed by atoms with E-state index in [-0.39, 0.29) is 5.02 Å². The van der Waals surface area contributed by atoms with Crippen molar-refractivity contribution in [3.05, 3.63) is 68.2 Å². The first-order chi connectivity index (χ1) is 10.1. The summed E-state index contributed by atoms with van der Waals surface area (Å²) in [6, 6.07) is 10.9. The lowest BCUT2D eigenvalue weighted by Gasteiger charge is -2.18. The molecule has 6 heteroatoms. The fourth-order valence-electron chi connectivity index (χ4n) is 2.33. The molecule has 2 nitrogen and oxygen atoms in total. The molecule has 21 heavy (non-hydrogen) atoms. The zero-order valence-electron chi connectivity index (χ0n) is 10.7. The van der Waals surface area contributed by atoms with Crippen LogP contribution in [-0.2, 0) is 0 Å². The van der Waals surface area contributed by atoms with E-state index in [1.165, 1.54) is 0 Å². The molecule has 2 aromatic carbocycles. The zero-order chi connectivity index (χ0) is 15.0. The monoisotopic (exact) mass is 384 g/mol.